The van der Waals surface area contributed by atoms with Gasteiger partial charge in [0.15, 0.2) is 4.90 Å². The fourth-order valence-electron chi connectivity index (χ4n) is 3.89. The van der Waals surface area contributed by atoms with Gasteiger partial charge in [-0.05, 0) is 25.0 Å². The van der Waals surface area contributed by atoms with Crippen molar-refractivity contribution in [2.24, 2.45) is 0 Å². The van der Waals surface area contributed by atoms with Crippen molar-refractivity contribution < 1.29 is 21.9 Å². The molecule has 0 unspecified atom stereocenters. The maximum Gasteiger partial charge on any atom is 0.246 e. The van der Waals surface area contributed by atoms with Gasteiger partial charge in [0, 0.05) is 25.2 Å². The predicted octanol–water partition coefficient (Wildman–Crippen LogP) is 2.28. The summed E-state index contributed by atoms with van der Waals surface area (Å²) in [4.78, 5) is 1.37. The Morgan fingerprint density at radius 1 is 1.08 bits per heavy atom. The number of nitrogens with zero attached hydrogens (tertiary/aromatic N) is 1. The number of benzene rings is 1. The lowest BCUT2D eigenvalue weighted by Crippen LogP contribution is -2.59. The van der Waals surface area contributed by atoms with Crippen molar-refractivity contribution in [3.63, 3.8) is 0 Å². The number of nitrogens with one attached hydrogen (secondary N) is 1. The second-order valence-electron chi connectivity index (χ2n) is 6.76. The van der Waals surface area contributed by atoms with Crippen LogP contribution in [-0.2, 0) is 14.8 Å². The summed E-state index contributed by atoms with van der Waals surface area (Å²) in [5, 5.41) is 0. The van der Waals surface area contributed by atoms with Gasteiger partial charge >= 0.3 is 0 Å². The van der Waals surface area contributed by atoms with Crippen molar-refractivity contribution in [3.05, 3.63) is 29.8 Å². The van der Waals surface area contributed by atoms with E-state index in [0.29, 0.717) is 13.2 Å². The summed E-state index contributed by atoms with van der Waals surface area (Å²) >= 11 is 0. The second kappa shape index (κ2) is 7.65. The van der Waals surface area contributed by atoms with E-state index < -0.39 is 26.6 Å². The lowest BCUT2D eigenvalue weighted by molar-refractivity contribution is -0.0349. The van der Waals surface area contributed by atoms with E-state index in [1.54, 1.807) is 0 Å². The summed E-state index contributed by atoms with van der Waals surface area (Å²) in [5.74, 6) is -2.15. The van der Waals surface area contributed by atoms with Crippen molar-refractivity contribution in [3.8, 4) is 0 Å². The first-order valence-electron chi connectivity index (χ1n) is 8.71. The molecule has 1 aromatic rings. The molecule has 5 nitrogen and oxygen atoms in total. The van der Waals surface area contributed by atoms with Crippen LogP contribution in [0.3, 0.4) is 0 Å². The van der Waals surface area contributed by atoms with Gasteiger partial charge < -0.3 is 4.74 Å². The SMILES string of the molecule is O=S(=O)(NCC1(N2CCOCC2)CCCCC1)c1c(F)cccc1F. The predicted molar refractivity (Wildman–Crippen MR) is 89.8 cm³/mol. The number of rotatable bonds is 5. The number of hydrogen-bond acceptors (Lipinski definition) is 4. The summed E-state index contributed by atoms with van der Waals surface area (Å²) in [6, 6.07) is 3.06. The summed E-state index contributed by atoms with van der Waals surface area (Å²) in [6.45, 7) is 2.89. The minimum atomic E-state index is -4.26. The van der Waals surface area contributed by atoms with Crippen LogP contribution in [0.2, 0.25) is 0 Å². The van der Waals surface area contributed by atoms with Crippen LogP contribution >= 0.6 is 0 Å². The highest BCUT2D eigenvalue weighted by molar-refractivity contribution is 7.89. The van der Waals surface area contributed by atoms with E-state index in [-0.39, 0.29) is 12.1 Å². The fraction of sp³-hybridized carbons (Fsp3) is 0.647. The zero-order valence-electron chi connectivity index (χ0n) is 14.1. The Labute approximate surface area is 147 Å². The Hall–Kier alpha value is -1.09. The van der Waals surface area contributed by atoms with Gasteiger partial charge in [-0.1, -0.05) is 25.3 Å². The van der Waals surface area contributed by atoms with Crippen molar-refractivity contribution in [2.75, 3.05) is 32.8 Å². The van der Waals surface area contributed by atoms with Crippen molar-refractivity contribution in [1.29, 1.82) is 0 Å². The highest BCUT2D eigenvalue weighted by atomic mass is 32.2. The molecule has 0 amide bonds. The summed E-state index contributed by atoms with van der Waals surface area (Å²) < 4.78 is 60.6. The Bertz CT molecular complexity index is 680. The Morgan fingerprint density at radius 2 is 1.68 bits per heavy atom. The molecule has 1 aliphatic heterocycles. The molecule has 3 rings (SSSR count). The van der Waals surface area contributed by atoms with Crippen molar-refractivity contribution >= 4 is 10.0 Å². The zero-order chi connectivity index (χ0) is 17.9. The van der Waals surface area contributed by atoms with Crippen molar-refractivity contribution in [1.82, 2.24) is 9.62 Å². The molecular formula is C17H24F2N2O3S. The third kappa shape index (κ3) is 4.02. The molecule has 2 fully saturated rings. The number of morpholine rings is 1. The highest BCUT2D eigenvalue weighted by Gasteiger charge is 2.40. The van der Waals surface area contributed by atoms with E-state index in [1.807, 2.05) is 0 Å². The molecule has 0 bridgehead atoms. The number of sulfonamides is 1. The number of hydrogen-bond donors (Lipinski definition) is 1. The molecule has 25 heavy (non-hydrogen) atoms. The third-order valence-electron chi connectivity index (χ3n) is 5.25. The molecule has 1 aromatic carbocycles. The molecule has 1 N–H and O–H groups in total. The Morgan fingerprint density at radius 3 is 2.28 bits per heavy atom. The van der Waals surface area contributed by atoms with Gasteiger partial charge in [0.1, 0.15) is 11.6 Å². The van der Waals surface area contributed by atoms with Crippen LogP contribution in [0.4, 0.5) is 8.78 Å². The van der Waals surface area contributed by atoms with E-state index in [0.717, 1.165) is 63.4 Å². The lowest BCUT2D eigenvalue weighted by atomic mass is 9.80. The van der Waals surface area contributed by atoms with Crippen LogP contribution in [0.5, 0.6) is 0 Å². The van der Waals surface area contributed by atoms with Gasteiger partial charge in [0.05, 0.1) is 13.2 Å². The molecule has 0 spiro atoms. The minimum Gasteiger partial charge on any atom is -0.379 e. The maximum absolute atomic E-state index is 13.9. The summed E-state index contributed by atoms with van der Waals surface area (Å²) in [6.07, 6.45) is 4.91. The Balaban J connectivity index is 1.80. The Kier molecular flexibility index (Phi) is 5.72. The van der Waals surface area contributed by atoms with Crippen LogP contribution in [0.15, 0.2) is 23.1 Å². The molecule has 1 saturated heterocycles. The molecule has 1 saturated carbocycles. The van der Waals surface area contributed by atoms with Crippen LogP contribution in [0.25, 0.3) is 0 Å². The smallest absolute Gasteiger partial charge is 0.246 e. The quantitative estimate of drug-likeness (QED) is 0.859. The van der Waals surface area contributed by atoms with E-state index in [1.165, 1.54) is 0 Å². The third-order valence-corrected chi connectivity index (χ3v) is 6.70. The normalized spacial score (nSPS) is 22.0. The van der Waals surface area contributed by atoms with E-state index in [9.17, 15) is 17.2 Å². The minimum absolute atomic E-state index is 0.156. The molecule has 2 aliphatic rings. The van der Waals surface area contributed by atoms with Gasteiger partial charge in [-0.3, -0.25) is 4.90 Å². The van der Waals surface area contributed by atoms with Gasteiger partial charge in [0.2, 0.25) is 10.0 Å². The van der Waals surface area contributed by atoms with Crippen LogP contribution in [0.1, 0.15) is 32.1 Å². The first kappa shape index (κ1) is 18.7. The van der Waals surface area contributed by atoms with Crippen molar-refractivity contribution in [2.45, 2.75) is 42.5 Å². The van der Waals surface area contributed by atoms with Gasteiger partial charge in [-0.25, -0.2) is 21.9 Å². The largest absolute Gasteiger partial charge is 0.379 e. The van der Waals surface area contributed by atoms with Gasteiger partial charge in [-0.2, -0.15) is 0 Å². The summed E-state index contributed by atoms with van der Waals surface area (Å²) in [5.41, 5.74) is -0.309. The maximum atomic E-state index is 13.9. The lowest BCUT2D eigenvalue weighted by Gasteiger charge is -2.48. The second-order valence-corrected chi connectivity index (χ2v) is 8.46. The zero-order valence-corrected chi connectivity index (χ0v) is 15.0. The van der Waals surface area contributed by atoms with E-state index in [4.69, 9.17) is 4.74 Å². The number of halogens is 2. The molecular weight excluding hydrogens is 350 g/mol. The number of ether oxygens (including phenoxy) is 1. The van der Waals surface area contributed by atoms with Crippen LogP contribution in [-0.4, -0.2) is 51.7 Å². The summed E-state index contributed by atoms with van der Waals surface area (Å²) in [7, 11) is -4.26. The fourth-order valence-corrected chi connectivity index (χ4v) is 5.15. The van der Waals surface area contributed by atoms with Crippen LogP contribution < -0.4 is 4.72 Å². The van der Waals surface area contributed by atoms with Gasteiger partial charge in [0.25, 0.3) is 0 Å². The monoisotopic (exact) mass is 374 g/mol. The molecule has 0 radical (unpaired) electrons. The standard InChI is InChI=1S/C17H24F2N2O3S/c18-14-5-4-6-15(19)16(14)25(22,23)20-13-17(7-2-1-3-8-17)21-9-11-24-12-10-21/h4-6,20H,1-3,7-13H2. The van der Waals surface area contributed by atoms with Gasteiger partial charge in [-0.15, -0.1) is 0 Å². The molecule has 0 atom stereocenters. The first-order valence-corrected chi connectivity index (χ1v) is 10.2. The molecule has 0 aromatic heterocycles. The molecule has 8 heteroatoms. The van der Waals surface area contributed by atoms with Crippen LogP contribution in [0, 0.1) is 11.6 Å². The first-order chi connectivity index (χ1) is 11.9. The average molecular weight is 374 g/mol. The molecule has 140 valence electrons. The molecule has 1 aliphatic carbocycles. The molecule has 1 heterocycles. The topological polar surface area (TPSA) is 58.6 Å². The average Bonchev–Trinajstić information content (AvgIpc) is 2.61. The highest BCUT2D eigenvalue weighted by Crippen LogP contribution is 2.34. The van der Waals surface area contributed by atoms with E-state index in [2.05, 4.69) is 9.62 Å². The van der Waals surface area contributed by atoms with E-state index >= 15 is 0 Å².